The van der Waals surface area contributed by atoms with E-state index in [1.54, 1.807) is 12.1 Å². The summed E-state index contributed by atoms with van der Waals surface area (Å²) >= 11 is 0. The molecule has 3 aromatic carbocycles. The number of amides is 1. The van der Waals surface area contributed by atoms with E-state index < -0.39 is 10.0 Å². The fourth-order valence-electron chi connectivity index (χ4n) is 4.39. The lowest BCUT2D eigenvalue weighted by molar-refractivity contribution is -0.126. The van der Waals surface area contributed by atoms with Crippen molar-refractivity contribution in [2.45, 2.75) is 37.6 Å². The Morgan fingerprint density at radius 1 is 0.941 bits per heavy atom. The zero-order chi connectivity index (χ0) is 24.1. The highest BCUT2D eigenvalue weighted by atomic mass is 32.2. The monoisotopic (exact) mass is 479 g/mol. The molecule has 1 atom stereocenters. The highest BCUT2D eigenvalue weighted by Gasteiger charge is 2.32. The molecule has 0 spiro atoms. The van der Waals surface area contributed by atoms with Crippen LogP contribution in [0.1, 0.15) is 26.7 Å². The standard InChI is InChI=1S/C27H33N3O3S/c1-20(2)26(29-24-10-4-3-5-11-24)19-28-27(31)22-14-16-30(17-15-22)34(32,33)25-13-12-21-8-6-7-9-23(21)18-25/h3-13,18,20,22,26,29H,14-17,19H2,1-2H3,(H,28,31). The van der Waals surface area contributed by atoms with E-state index in [9.17, 15) is 13.2 Å². The normalized spacial score (nSPS) is 16.4. The van der Waals surface area contributed by atoms with Gasteiger partial charge >= 0.3 is 0 Å². The summed E-state index contributed by atoms with van der Waals surface area (Å²) in [5.41, 5.74) is 1.03. The van der Waals surface area contributed by atoms with Crippen molar-refractivity contribution in [2.75, 3.05) is 25.0 Å². The van der Waals surface area contributed by atoms with Crippen molar-refractivity contribution in [3.63, 3.8) is 0 Å². The minimum absolute atomic E-state index is 0.00302. The lowest BCUT2D eigenvalue weighted by atomic mass is 9.96. The van der Waals surface area contributed by atoms with Crippen molar-refractivity contribution >= 4 is 32.4 Å². The SMILES string of the molecule is CC(C)C(CNC(=O)C1CCN(S(=O)(=O)c2ccc3ccccc3c2)CC1)Nc1ccccc1. The predicted octanol–water partition coefficient (Wildman–Crippen LogP) is 4.49. The number of hydrogen-bond donors (Lipinski definition) is 2. The number of nitrogens with zero attached hydrogens (tertiary/aromatic N) is 1. The summed E-state index contributed by atoms with van der Waals surface area (Å²) in [6.07, 6.45) is 1.05. The first-order valence-electron chi connectivity index (χ1n) is 11.9. The lowest BCUT2D eigenvalue weighted by Crippen LogP contribution is -2.46. The number of piperidine rings is 1. The van der Waals surface area contributed by atoms with Crippen molar-refractivity contribution < 1.29 is 13.2 Å². The molecule has 1 heterocycles. The summed E-state index contributed by atoms with van der Waals surface area (Å²) in [4.78, 5) is 13.1. The molecule has 4 rings (SSSR count). The summed E-state index contributed by atoms with van der Waals surface area (Å²) in [7, 11) is -3.58. The van der Waals surface area contributed by atoms with Crippen LogP contribution in [0, 0.1) is 11.8 Å². The topological polar surface area (TPSA) is 78.5 Å². The van der Waals surface area contributed by atoms with E-state index in [2.05, 4.69) is 24.5 Å². The third-order valence-corrected chi connectivity index (χ3v) is 8.50. The average molecular weight is 480 g/mol. The van der Waals surface area contributed by atoms with Gasteiger partial charge in [0, 0.05) is 37.3 Å². The lowest BCUT2D eigenvalue weighted by Gasteiger charge is -2.31. The van der Waals surface area contributed by atoms with Crippen molar-refractivity contribution in [1.29, 1.82) is 0 Å². The molecule has 2 N–H and O–H groups in total. The van der Waals surface area contributed by atoms with Gasteiger partial charge in [0.15, 0.2) is 0 Å². The van der Waals surface area contributed by atoms with Gasteiger partial charge in [-0.15, -0.1) is 0 Å². The molecule has 7 heteroatoms. The number of anilines is 1. The molecule has 1 unspecified atom stereocenters. The van der Waals surface area contributed by atoms with E-state index >= 15 is 0 Å². The summed E-state index contributed by atoms with van der Waals surface area (Å²) < 4.78 is 27.9. The molecule has 1 amide bonds. The van der Waals surface area contributed by atoms with E-state index in [0.717, 1.165) is 16.5 Å². The Bertz CT molecular complexity index is 1220. The predicted molar refractivity (Wildman–Crippen MR) is 137 cm³/mol. The summed E-state index contributed by atoms with van der Waals surface area (Å²) in [5.74, 6) is 0.172. The first-order chi connectivity index (χ1) is 16.3. The van der Waals surface area contributed by atoms with Crippen molar-refractivity contribution in [3.8, 4) is 0 Å². The molecule has 1 saturated heterocycles. The largest absolute Gasteiger partial charge is 0.380 e. The number of hydrogen-bond acceptors (Lipinski definition) is 4. The second-order valence-corrected chi connectivity index (χ2v) is 11.2. The van der Waals surface area contributed by atoms with Gasteiger partial charge in [-0.2, -0.15) is 4.31 Å². The Labute approximate surface area is 202 Å². The summed E-state index contributed by atoms with van der Waals surface area (Å²) in [5, 5.41) is 8.50. The second kappa shape index (κ2) is 10.6. The molecular formula is C27H33N3O3S. The average Bonchev–Trinajstić information content (AvgIpc) is 2.86. The molecule has 0 radical (unpaired) electrons. The number of rotatable bonds is 8. The Kier molecular flexibility index (Phi) is 7.54. The maximum absolute atomic E-state index is 13.2. The first kappa shape index (κ1) is 24.2. The van der Waals surface area contributed by atoms with Gasteiger partial charge in [-0.1, -0.05) is 62.4 Å². The number of para-hydroxylation sites is 1. The third kappa shape index (κ3) is 5.59. The van der Waals surface area contributed by atoms with Crippen LogP contribution in [-0.2, 0) is 14.8 Å². The van der Waals surface area contributed by atoms with Crippen LogP contribution in [0.4, 0.5) is 5.69 Å². The number of carbonyl (C=O) groups is 1. The Hall–Kier alpha value is -2.90. The highest BCUT2D eigenvalue weighted by molar-refractivity contribution is 7.89. The van der Waals surface area contributed by atoms with Crippen LogP contribution in [0.5, 0.6) is 0 Å². The molecule has 6 nitrogen and oxygen atoms in total. The van der Waals surface area contributed by atoms with Crippen molar-refractivity contribution in [1.82, 2.24) is 9.62 Å². The van der Waals surface area contributed by atoms with E-state index in [-0.39, 0.29) is 17.9 Å². The molecule has 0 saturated carbocycles. The van der Waals surface area contributed by atoms with Crippen LogP contribution in [0.25, 0.3) is 10.8 Å². The highest BCUT2D eigenvalue weighted by Crippen LogP contribution is 2.26. The molecule has 0 aliphatic carbocycles. The van der Waals surface area contributed by atoms with Crippen LogP contribution >= 0.6 is 0 Å². The smallest absolute Gasteiger partial charge is 0.243 e. The van der Waals surface area contributed by atoms with Crippen molar-refractivity contribution in [2.24, 2.45) is 11.8 Å². The minimum atomic E-state index is -3.58. The fourth-order valence-corrected chi connectivity index (χ4v) is 5.90. The molecule has 34 heavy (non-hydrogen) atoms. The molecule has 1 fully saturated rings. The maximum Gasteiger partial charge on any atom is 0.243 e. The van der Waals surface area contributed by atoms with Gasteiger partial charge < -0.3 is 10.6 Å². The van der Waals surface area contributed by atoms with Gasteiger partial charge in [-0.25, -0.2) is 8.42 Å². The number of nitrogens with one attached hydrogen (secondary N) is 2. The van der Waals surface area contributed by atoms with Crippen molar-refractivity contribution in [3.05, 3.63) is 72.8 Å². The van der Waals surface area contributed by atoms with Crippen LogP contribution in [0.15, 0.2) is 77.7 Å². The van der Waals surface area contributed by atoms with Crippen LogP contribution in [0.2, 0.25) is 0 Å². The van der Waals surface area contributed by atoms with Gasteiger partial charge in [0.1, 0.15) is 0 Å². The zero-order valence-electron chi connectivity index (χ0n) is 19.8. The maximum atomic E-state index is 13.2. The van der Waals surface area contributed by atoms with Crippen LogP contribution in [0.3, 0.4) is 0 Å². The minimum Gasteiger partial charge on any atom is -0.380 e. The Morgan fingerprint density at radius 2 is 1.59 bits per heavy atom. The fraction of sp³-hybridized carbons (Fsp3) is 0.370. The van der Waals surface area contributed by atoms with E-state index in [1.807, 2.05) is 60.7 Å². The molecule has 1 aliphatic heterocycles. The number of fused-ring (bicyclic) bond motifs is 1. The van der Waals surface area contributed by atoms with E-state index in [0.29, 0.717) is 43.3 Å². The van der Waals surface area contributed by atoms with E-state index in [4.69, 9.17) is 0 Å². The molecule has 3 aromatic rings. The first-order valence-corrected chi connectivity index (χ1v) is 13.4. The molecule has 1 aliphatic rings. The van der Waals surface area contributed by atoms with Crippen LogP contribution < -0.4 is 10.6 Å². The second-order valence-electron chi connectivity index (χ2n) is 9.29. The third-order valence-electron chi connectivity index (χ3n) is 6.61. The Morgan fingerprint density at radius 3 is 2.26 bits per heavy atom. The van der Waals surface area contributed by atoms with Gasteiger partial charge in [0.05, 0.1) is 4.90 Å². The van der Waals surface area contributed by atoms with Gasteiger partial charge in [-0.3, -0.25) is 4.79 Å². The molecule has 180 valence electrons. The quantitative estimate of drug-likeness (QED) is 0.499. The van der Waals surface area contributed by atoms with Gasteiger partial charge in [0.25, 0.3) is 0 Å². The van der Waals surface area contributed by atoms with E-state index in [1.165, 1.54) is 4.31 Å². The summed E-state index contributed by atoms with van der Waals surface area (Å²) in [6, 6.07) is 23.1. The molecule has 0 bridgehead atoms. The number of carbonyl (C=O) groups excluding carboxylic acids is 1. The Balaban J connectivity index is 1.32. The summed E-state index contributed by atoms with van der Waals surface area (Å²) in [6.45, 7) is 5.49. The number of benzene rings is 3. The number of sulfonamides is 1. The zero-order valence-corrected chi connectivity index (χ0v) is 20.6. The molecular weight excluding hydrogens is 446 g/mol. The van der Waals surface area contributed by atoms with Gasteiger partial charge in [0.2, 0.25) is 15.9 Å². The van der Waals surface area contributed by atoms with Crippen LogP contribution in [-0.4, -0.2) is 44.3 Å². The van der Waals surface area contributed by atoms with Gasteiger partial charge in [-0.05, 0) is 53.8 Å². The molecule has 0 aromatic heterocycles.